The molecule has 0 radical (unpaired) electrons. The average Bonchev–Trinajstić information content (AvgIpc) is 2.47. The number of nitriles is 1. The highest BCUT2D eigenvalue weighted by Crippen LogP contribution is 2.17. The van der Waals surface area contributed by atoms with Crippen molar-refractivity contribution in [1.29, 1.82) is 5.26 Å². The Morgan fingerprint density at radius 3 is 2.50 bits per heavy atom. The first-order valence-corrected chi connectivity index (χ1v) is 5.78. The Hall–Kier alpha value is -2.93. The minimum atomic E-state index is -0.722. The molecule has 4 heteroatoms. The third-order valence-corrected chi connectivity index (χ3v) is 2.65. The maximum Gasteiger partial charge on any atom is 0.343 e. The van der Waals surface area contributed by atoms with Crippen LogP contribution in [0.15, 0.2) is 49.0 Å². The molecule has 2 aromatic carbocycles. The summed E-state index contributed by atoms with van der Waals surface area (Å²) in [4.78, 5) is 11.8. The maximum absolute atomic E-state index is 13.4. The van der Waals surface area contributed by atoms with Gasteiger partial charge in [0.1, 0.15) is 17.6 Å². The van der Waals surface area contributed by atoms with Crippen LogP contribution < -0.4 is 4.74 Å². The second kappa shape index (κ2) is 5.81. The number of halogens is 1. The van der Waals surface area contributed by atoms with Gasteiger partial charge in [-0.3, -0.25) is 0 Å². The molecule has 0 aliphatic carbocycles. The summed E-state index contributed by atoms with van der Waals surface area (Å²) in [5.74, 6) is -1.26. The number of benzene rings is 2. The van der Waals surface area contributed by atoms with Crippen molar-refractivity contribution in [2.75, 3.05) is 0 Å². The lowest BCUT2D eigenvalue weighted by Crippen LogP contribution is -2.08. The van der Waals surface area contributed by atoms with Crippen LogP contribution in [0.1, 0.15) is 21.5 Å². The molecule has 0 aliphatic rings. The van der Waals surface area contributed by atoms with E-state index in [0.29, 0.717) is 5.56 Å². The first kappa shape index (κ1) is 13.5. The van der Waals surface area contributed by atoms with Crippen LogP contribution in [-0.4, -0.2) is 5.97 Å². The highest BCUT2D eigenvalue weighted by molar-refractivity contribution is 5.91. The number of hydrogen-bond donors (Lipinski definition) is 0. The molecule has 0 N–H and O–H groups in total. The fourth-order valence-corrected chi connectivity index (χ4v) is 1.57. The van der Waals surface area contributed by atoms with Gasteiger partial charge in [0.15, 0.2) is 0 Å². The number of esters is 1. The van der Waals surface area contributed by atoms with Crippen LogP contribution in [-0.2, 0) is 0 Å². The number of ether oxygens (including phenoxy) is 1. The Labute approximate surface area is 115 Å². The molecule has 20 heavy (non-hydrogen) atoms. The molecule has 0 aromatic heterocycles. The Morgan fingerprint density at radius 2 is 1.95 bits per heavy atom. The van der Waals surface area contributed by atoms with E-state index in [-0.39, 0.29) is 11.3 Å². The standard InChI is InChI=1S/C16H10FNO2/c1-2-11-3-5-12(6-4-11)16(19)20-14-8-7-13(10-18)15(17)9-14/h2-9H,1H2. The lowest BCUT2D eigenvalue weighted by Gasteiger charge is -2.05. The van der Waals surface area contributed by atoms with Crippen LogP contribution in [0.25, 0.3) is 6.08 Å². The minimum Gasteiger partial charge on any atom is -0.423 e. The monoisotopic (exact) mass is 267 g/mol. The second-order valence-corrected chi connectivity index (χ2v) is 3.97. The molecular weight excluding hydrogens is 257 g/mol. The molecule has 3 nitrogen and oxygen atoms in total. The molecule has 0 heterocycles. The molecule has 2 aromatic rings. The van der Waals surface area contributed by atoms with E-state index in [9.17, 15) is 9.18 Å². The maximum atomic E-state index is 13.4. The average molecular weight is 267 g/mol. The molecule has 98 valence electrons. The molecule has 0 saturated heterocycles. The van der Waals surface area contributed by atoms with E-state index in [2.05, 4.69) is 6.58 Å². The van der Waals surface area contributed by atoms with Gasteiger partial charge in [-0.2, -0.15) is 5.26 Å². The number of hydrogen-bond acceptors (Lipinski definition) is 3. The van der Waals surface area contributed by atoms with Gasteiger partial charge in [0, 0.05) is 6.07 Å². The summed E-state index contributed by atoms with van der Waals surface area (Å²) in [6.45, 7) is 3.62. The van der Waals surface area contributed by atoms with Crippen molar-refractivity contribution in [3.05, 3.63) is 71.6 Å². The predicted molar refractivity (Wildman–Crippen MR) is 72.6 cm³/mol. The van der Waals surface area contributed by atoms with Gasteiger partial charge in [0.25, 0.3) is 0 Å². The van der Waals surface area contributed by atoms with Gasteiger partial charge in [0.05, 0.1) is 11.1 Å². The van der Waals surface area contributed by atoms with Gasteiger partial charge in [0.2, 0.25) is 0 Å². The first-order valence-electron chi connectivity index (χ1n) is 5.78. The Bertz CT molecular complexity index is 699. The normalized spacial score (nSPS) is 9.60. The van der Waals surface area contributed by atoms with Crippen molar-refractivity contribution in [2.24, 2.45) is 0 Å². The van der Waals surface area contributed by atoms with Gasteiger partial charge in [-0.15, -0.1) is 0 Å². The topological polar surface area (TPSA) is 50.1 Å². The van der Waals surface area contributed by atoms with Gasteiger partial charge in [-0.05, 0) is 29.8 Å². The highest BCUT2D eigenvalue weighted by Gasteiger charge is 2.10. The van der Waals surface area contributed by atoms with Gasteiger partial charge in [-0.25, -0.2) is 9.18 Å². The van der Waals surface area contributed by atoms with Gasteiger partial charge < -0.3 is 4.74 Å². The van der Waals surface area contributed by atoms with E-state index in [0.717, 1.165) is 11.6 Å². The van der Waals surface area contributed by atoms with E-state index in [4.69, 9.17) is 10.00 Å². The Morgan fingerprint density at radius 1 is 1.25 bits per heavy atom. The van der Waals surface area contributed by atoms with Gasteiger partial charge >= 0.3 is 5.97 Å². The minimum absolute atomic E-state index is 0.0549. The molecule has 0 unspecified atom stereocenters. The van der Waals surface area contributed by atoms with E-state index in [1.807, 2.05) is 0 Å². The summed E-state index contributed by atoms with van der Waals surface area (Å²) in [5.41, 5.74) is 1.13. The molecule has 0 spiro atoms. The van der Waals surface area contributed by atoms with E-state index >= 15 is 0 Å². The number of nitrogens with zero attached hydrogens (tertiary/aromatic N) is 1. The summed E-state index contributed by atoms with van der Waals surface area (Å²) in [5, 5.41) is 8.61. The summed E-state index contributed by atoms with van der Waals surface area (Å²) in [6.07, 6.45) is 1.66. The number of carbonyl (C=O) groups excluding carboxylic acids is 1. The first-order chi connectivity index (χ1) is 9.63. The van der Waals surface area contributed by atoms with Crippen molar-refractivity contribution in [1.82, 2.24) is 0 Å². The molecule has 0 saturated carbocycles. The van der Waals surface area contributed by atoms with Crippen LogP contribution in [0.4, 0.5) is 4.39 Å². The van der Waals surface area contributed by atoms with Crippen molar-refractivity contribution in [3.8, 4) is 11.8 Å². The number of rotatable bonds is 3. The molecular formula is C16H10FNO2. The summed E-state index contributed by atoms with van der Waals surface area (Å²) in [6, 6.07) is 12.0. The Balaban J connectivity index is 2.16. The number of carbonyl (C=O) groups is 1. The fourth-order valence-electron chi connectivity index (χ4n) is 1.57. The van der Waals surface area contributed by atoms with Crippen LogP contribution in [0.2, 0.25) is 0 Å². The summed E-state index contributed by atoms with van der Waals surface area (Å²) in [7, 11) is 0. The van der Waals surface area contributed by atoms with Crippen molar-refractivity contribution >= 4 is 12.0 Å². The van der Waals surface area contributed by atoms with Gasteiger partial charge in [-0.1, -0.05) is 24.8 Å². The van der Waals surface area contributed by atoms with E-state index in [1.165, 1.54) is 12.1 Å². The molecule has 0 amide bonds. The summed E-state index contributed by atoms with van der Waals surface area (Å²) < 4.78 is 18.4. The lowest BCUT2D eigenvalue weighted by atomic mass is 10.1. The Kier molecular flexibility index (Phi) is 3.92. The molecule has 0 bridgehead atoms. The third-order valence-electron chi connectivity index (χ3n) is 2.65. The molecule has 0 aliphatic heterocycles. The largest absolute Gasteiger partial charge is 0.423 e. The zero-order chi connectivity index (χ0) is 14.5. The van der Waals surface area contributed by atoms with E-state index in [1.54, 1.807) is 36.4 Å². The SMILES string of the molecule is C=Cc1ccc(C(=O)Oc2ccc(C#N)c(F)c2)cc1. The fraction of sp³-hybridized carbons (Fsp3) is 0. The zero-order valence-electron chi connectivity index (χ0n) is 10.5. The third kappa shape index (κ3) is 2.90. The molecule has 0 atom stereocenters. The van der Waals surface area contributed by atoms with Crippen molar-refractivity contribution in [3.63, 3.8) is 0 Å². The highest BCUT2D eigenvalue weighted by atomic mass is 19.1. The lowest BCUT2D eigenvalue weighted by molar-refractivity contribution is 0.0734. The smallest absolute Gasteiger partial charge is 0.343 e. The van der Waals surface area contributed by atoms with Crippen molar-refractivity contribution in [2.45, 2.75) is 0 Å². The second-order valence-electron chi connectivity index (χ2n) is 3.97. The van der Waals surface area contributed by atoms with Crippen LogP contribution in [0, 0.1) is 17.1 Å². The molecule has 0 fully saturated rings. The van der Waals surface area contributed by atoms with Crippen LogP contribution in [0.5, 0.6) is 5.75 Å². The van der Waals surface area contributed by atoms with Crippen molar-refractivity contribution < 1.29 is 13.9 Å². The van der Waals surface area contributed by atoms with Crippen LogP contribution >= 0.6 is 0 Å². The zero-order valence-corrected chi connectivity index (χ0v) is 10.5. The van der Waals surface area contributed by atoms with E-state index < -0.39 is 11.8 Å². The molecule has 2 rings (SSSR count). The predicted octanol–water partition coefficient (Wildman–Crippen LogP) is 3.56. The summed E-state index contributed by atoms with van der Waals surface area (Å²) >= 11 is 0. The van der Waals surface area contributed by atoms with Crippen LogP contribution in [0.3, 0.4) is 0 Å². The quantitative estimate of drug-likeness (QED) is 0.631.